The van der Waals surface area contributed by atoms with Gasteiger partial charge in [-0.25, -0.2) is 0 Å². The molecule has 1 aromatic heterocycles. The number of nitrogens with zero attached hydrogens (tertiary/aromatic N) is 1. The summed E-state index contributed by atoms with van der Waals surface area (Å²) >= 11 is 1.74. The van der Waals surface area contributed by atoms with Crippen molar-refractivity contribution >= 4 is 17.7 Å². The van der Waals surface area contributed by atoms with Crippen LogP contribution in [0.25, 0.3) is 0 Å². The van der Waals surface area contributed by atoms with Gasteiger partial charge >= 0.3 is 0 Å². The van der Waals surface area contributed by atoms with Gasteiger partial charge in [0.1, 0.15) is 5.76 Å². The first-order valence-corrected chi connectivity index (χ1v) is 6.79. The van der Waals surface area contributed by atoms with Gasteiger partial charge in [0.05, 0.1) is 17.8 Å². The molecule has 2 N–H and O–H groups in total. The highest BCUT2D eigenvalue weighted by Crippen LogP contribution is 2.21. The highest BCUT2D eigenvalue weighted by atomic mass is 32.2. The van der Waals surface area contributed by atoms with Gasteiger partial charge in [-0.3, -0.25) is 10.1 Å². The van der Waals surface area contributed by atoms with E-state index in [4.69, 9.17) is 4.52 Å². The maximum atomic E-state index is 11.9. The van der Waals surface area contributed by atoms with Crippen molar-refractivity contribution in [3.05, 3.63) is 17.0 Å². The summed E-state index contributed by atoms with van der Waals surface area (Å²) in [4.78, 5) is 11.9. The maximum Gasteiger partial charge on any atom is 0.238 e. The number of carbonyl (C=O) groups excluding carboxylic acids is 1. The molecule has 0 spiro atoms. The summed E-state index contributed by atoms with van der Waals surface area (Å²) in [5.41, 5.74) is 1.81. The van der Waals surface area contributed by atoms with Gasteiger partial charge in [0.2, 0.25) is 5.91 Å². The Kier molecular flexibility index (Phi) is 3.73. The van der Waals surface area contributed by atoms with E-state index in [-0.39, 0.29) is 18.0 Å². The van der Waals surface area contributed by atoms with Gasteiger partial charge in [-0.1, -0.05) is 5.16 Å². The van der Waals surface area contributed by atoms with E-state index in [1.54, 1.807) is 11.8 Å². The first-order valence-electron chi connectivity index (χ1n) is 5.64. The first-order chi connectivity index (χ1) is 8.09. The summed E-state index contributed by atoms with van der Waals surface area (Å²) in [6.07, 6.45) is 0. The normalized spacial score (nSPS) is 21.5. The minimum absolute atomic E-state index is 0.0440. The van der Waals surface area contributed by atoms with Crippen LogP contribution in [0.5, 0.6) is 0 Å². The van der Waals surface area contributed by atoms with Crippen LogP contribution in [-0.4, -0.2) is 28.7 Å². The number of hydrogen-bond donors (Lipinski definition) is 2. The molecule has 1 saturated heterocycles. The molecule has 0 aromatic carbocycles. The van der Waals surface area contributed by atoms with Crippen molar-refractivity contribution in [2.24, 2.45) is 0 Å². The van der Waals surface area contributed by atoms with E-state index in [2.05, 4.69) is 15.8 Å². The number of rotatable bonds is 3. The molecular weight excluding hydrogens is 238 g/mol. The summed E-state index contributed by atoms with van der Waals surface area (Å²) < 4.78 is 5.10. The summed E-state index contributed by atoms with van der Waals surface area (Å²) in [7, 11) is 0. The van der Waals surface area contributed by atoms with E-state index >= 15 is 0 Å². The summed E-state index contributed by atoms with van der Waals surface area (Å²) in [6, 6.07) is -0.149. The van der Waals surface area contributed by atoms with Crippen LogP contribution >= 0.6 is 11.8 Å². The van der Waals surface area contributed by atoms with E-state index in [1.807, 2.05) is 20.8 Å². The average Bonchev–Trinajstić information content (AvgIpc) is 2.88. The fourth-order valence-electron chi connectivity index (χ4n) is 2.06. The lowest BCUT2D eigenvalue weighted by Gasteiger charge is -2.16. The Morgan fingerprint density at radius 3 is 2.94 bits per heavy atom. The minimum Gasteiger partial charge on any atom is -0.361 e. The van der Waals surface area contributed by atoms with Crippen LogP contribution < -0.4 is 10.6 Å². The number of aryl methyl sites for hydroxylation is 2. The predicted octanol–water partition coefficient (Wildman–Crippen LogP) is 1.13. The van der Waals surface area contributed by atoms with Crippen LogP contribution in [0.2, 0.25) is 0 Å². The van der Waals surface area contributed by atoms with Crippen LogP contribution in [0.3, 0.4) is 0 Å². The Morgan fingerprint density at radius 1 is 1.65 bits per heavy atom. The molecule has 1 aromatic rings. The van der Waals surface area contributed by atoms with Crippen molar-refractivity contribution in [2.75, 3.05) is 11.6 Å². The molecule has 0 radical (unpaired) electrons. The van der Waals surface area contributed by atoms with Crippen molar-refractivity contribution in [3.63, 3.8) is 0 Å². The van der Waals surface area contributed by atoms with Gasteiger partial charge in [0.25, 0.3) is 0 Å². The lowest BCUT2D eigenvalue weighted by atomic mass is 10.1. The number of aromatic nitrogens is 1. The summed E-state index contributed by atoms with van der Waals surface area (Å²) in [5, 5.41) is 10.0. The lowest BCUT2D eigenvalue weighted by molar-refractivity contribution is -0.123. The Morgan fingerprint density at radius 2 is 2.41 bits per heavy atom. The fourth-order valence-corrected chi connectivity index (χ4v) is 3.00. The zero-order valence-corrected chi connectivity index (χ0v) is 11.1. The Bertz CT molecular complexity index is 393. The molecule has 1 aliphatic heterocycles. The van der Waals surface area contributed by atoms with Crippen LogP contribution in [0.1, 0.15) is 30.0 Å². The highest BCUT2D eigenvalue weighted by molar-refractivity contribution is 7.99. The van der Waals surface area contributed by atoms with E-state index < -0.39 is 0 Å². The molecule has 1 amide bonds. The average molecular weight is 255 g/mol. The molecule has 2 rings (SSSR count). The molecule has 2 heterocycles. The van der Waals surface area contributed by atoms with Crippen molar-refractivity contribution in [1.29, 1.82) is 0 Å². The van der Waals surface area contributed by atoms with Crippen molar-refractivity contribution in [1.82, 2.24) is 15.8 Å². The van der Waals surface area contributed by atoms with E-state index in [0.717, 1.165) is 28.6 Å². The van der Waals surface area contributed by atoms with Gasteiger partial charge in [0.15, 0.2) is 0 Å². The van der Waals surface area contributed by atoms with Crippen LogP contribution in [0.15, 0.2) is 4.52 Å². The molecule has 0 bridgehead atoms. The van der Waals surface area contributed by atoms with Crippen LogP contribution in [-0.2, 0) is 4.79 Å². The molecule has 1 fully saturated rings. The van der Waals surface area contributed by atoms with E-state index in [9.17, 15) is 4.79 Å². The Hall–Kier alpha value is -1.01. The standard InChI is InChI=1S/C11H17N3O2S/c1-6(10-7(2)14-16-8(10)3)13-11(15)9-4-17-5-12-9/h6,9,12H,4-5H2,1-3H3,(H,13,15). The largest absolute Gasteiger partial charge is 0.361 e. The van der Waals surface area contributed by atoms with Gasteiger partial charge in [0, 0.05) is 17.2 Å². The molecule has 17 heavy (non-hydrogen) atoms. The molecule has 2 unspecified atom stereocenters. The molecular formula is C11H17N3O2S. The van der Waals surface area contributed by atoms with Crippen LogP contribution in [0.4, 0.5) is 0 Å². The van der Waals surface area contributed by atoms with E-state index in [0.29, 0.717) is 0 Å². The second-order valence-corrected chi connectivity index (χ2v) is 5.27. The second kappa shape index (κ2) is 5.10. The first kappa shape index (κ1) is 12.4. The SMILES string of the molecule is Cc1noc(C)c1C(C)NC(=O)C1CSCN1. The fraction of sp³-hybridized carbons (Fsp3) is 0.636. The third-order valence-corrected chi connectivity index (χ3v) is 3.85. The number of carbonyl (C=O) groups is 1. The molecule has 94 valence electrons. The number of thioether (sulfide) groups is 1. The van der Waals surface area contributed by atoms with Crippen molar-refractivity contribution in [2.45, 2.75) is 32.9 Å². The van der Waals surface area contributed by atoms with Gasteiger partial charge in [-0.15, -0.1) is 11.8 Å². The van der Waals surface area contributed by atoms with Gasteiger partial charge < -0.3 is 9.84 Å². The third-order valence-electron chi connectivity index (χ3n) is 2.91. The maximum absolute atomic E-state index is 11.9. The zero-order valence-electron chi connectivity index (χ0n) is 10.2. The number of nitrogens with one attached hydrogen (secondary N) is 2. The molecule has 6 heteroatoms. The summed E-state index contributed by atoms with van der Waals surface area (Å²) in [6.45, 7) is 5.70. The van der Waals surface area contributed by atoms with Gasteiger partial charge in [-0.05, 0) is 20.8 Å². The zero-order chi connectivity index (χ0) is 12.4. The second-order valence-electron chi connectivity index (χ2n) is 4.24. The monoisotopic (exact) mass is 255 g/mol. The van der Waals surface area contributed by atoms with E-state index in [1.165, 1.54) is 0 Å². The smallest absolute Gasteiger partial charge is 0.238 e. The number of amides is 1. The molecule has 2 atom stereocenters. The Balaban J connectivity index is 2.01. The third kappa shape index (κ3) is 2.63. The van der Waals surface area contributed by atoms with Gasteiger partial charge in [-0.2, -0.15) is 0 Å². The highest BCUT2D eigenvalue weighted by Gasteiger charge is 2.25. The Labute approximate surface area is 105 Å². The molecule has 1 aliphatic rings. The molecule has 0 aliphatic carbocycles. The molecule has 0 saturated carbocycles. The quantitative estimate of drug-likeness (QED) is 0.847. The molecule has 5 nitrogen and oxygen atoms in total. The van der Waals surface area contributed by atoms with Crippen molar-refractivity contribution in [3.8, 4) is 0 Å². The van der Waals surface area contributed by atoms with Crippen molar-refractivity contribution < 1.29 is 9.32 Å². The summed E-state index contributed by atoms with van der Waals surface area (Å²) in [5.74, 6) is 2.49. The minimum atomic E-state index is -0.0806. The number of hydrogen-bond acceptors (Lipinski definition) is 5. The lowest BCUT2D eigenvalue weighted by Crippen LogP contribution is -2.43. The topological polar surface area (TPSA) is 67.2 Å². The van der Waals surface area contributed by atoms with Crippen LogP contribution in [0, 0.1) is 13.8 Å². The predicted molar refractivity (Wildman–Crippen MR) is 66.8 cm³/mol.